The summed E-state index contributed by atoms with van der Waals surface area (Å²) in [7, 11) is 1.32. The lowest BCUT2D eigenvalue weighted by atomic mass is 10.3. The minimum absolute atomic E-state index is 0.292. The Hall–Kier alpha value is -1.22. The van der Waals surface area contributed by atoms with Crippen molar-refractivity contribution in [1.82, 2.24) is 4.98 Å². The van der Waals surface area contributed by atoms with Crippen LogP contribution in [0.4, 0.5) is 15.2 Å². The first kappa shape index (κ1) is 13.2. The maximum absolute atomic E-state index is 12.9. The number of nitrogens with zero attached hydrogens (tertiary/aromatic N) is 1. The molecule has 0 radical (unpaired) electrons. The van der Waals surface area contributed by atoms with Crippen LogP contribution in [0.15, 0.2) is 24.4 Å². The summed E-state index contributed by atoms with van der Waals surface area (Å²) in [4.78, 5) is 15.7. The monoisotopic (exact) mass is 378 g/mol. The van der Waals surface area contributed by atoms with Gasteiger partial charge in [0, 0.05) is 3.57 Å². The minimum atomic E-state index is -0.422. The smallest absolute Gasteiger partial charge is 0.349 e. The molecule has 1 aromatic heterocycles. The van der Waals surface area contributed by atoms with Gasteiger partial charge in [0.2, 0.25) is 0 Å². The number of hydrogen-bond donors (Lipinski definition) is 1. The molecule has 0 bridgehead atoms. The molecule has 0 atom stereocenters. The topological polar surface area (TPSA) is 51.2 Å². The molecule has 0 spiro atoms. The molecule has 1 aromatic carbocycles. The normalized spacial score (nSPS) is 10.2. The van der Waals surface area contributed by atoms with E-state index in [2.05, 4.69) is 15.0 Å². The van der Waals surface area contributed by atoms with Gasteiger partial charge in [-0.25, -0.2) is 14.2 Å². The van der Waals surface area contributed by atoms with Gasteiger partial charge in [-0.15, -0.1) is 0 Å². The van der Waals surface area contributed by atoms with E-state index in [0.717, 1.165) is 9.26 Å². The van der Waals surface area contributed by atoms with Gasteiger partial charge < -0.3 is 10.1 Å². The number of thiazole rings is 1. The third-order valence-corrected chi connectivity index (χ3v) is 3.85. The van der Waals surface area contributed by atoms with Crippen LogP contribution in [0.5, 0.6) is 0 Å². The second-order valence-electron chi connectivity index (χ2n) is 3.27. The van der Waals surface area contributed by atoms with Gasteiger partial charge in [0.05, 0.1) is 19.0 Å². The molecule has 0 saturated heterocycles. The summed E-state index contributed by atoms with van der Waals surface area (Å²) in [6, 6.07) is 4.40. The lowest BCUT2D eigenvalue weighted by Gasteiger charge is -2.04. The number of carbonyl (C=O) groups excluding carboxylic acids is 1. The molecule has 4 nitrogen and oxygen atoms in total. The third-order valence-electron chi connectivity index (χ3n) is 2.07. The van der Waals surface area contributed by atoms with Crippen molar-refractivity contribution in [3.05, 3.63) is 38.7 Å². The summed E-state index contributed by atoms with van der Waals surface area (Å²) in [6.45, 7) is 0. The molecule has 94 valence electrons. The molecule has 0 unspecified atom stereocenters. The lowest BCUT2D eigenvalue weighted by molar-refractivity contribution is 0.0606. The molecule has 0 aliphatic heterocycles. The van der Waals surface area contributed by atoms with Crippen LogP contribution in [0, 0.1) is 9.39 Å². The predicted octanol–water partition coefficient (Wildman–Crippen LogP) is 3.42. The molecule has 0 aliphatic rings. The Balaban J connectivity index is 2.18. The van der Waals surface area contributed by atoms with Gasteiger partial charge in [-0.1, -0.05) is 11.3 Å². The standard InChI is InChI=1S/C11H8FIN2O2S/c1-17-10(16)9-5-14-11(18-9)15-8-3-2-6(12)4-7(8)13/h2-5H,1H3,(H,14,15). The van der Waals surface area contributed by atoms with Crippen LogP contribution in [-0.4, -0.2) is 18.1 Å². The van der Waals surface area contributed by atoms with Crippen molar-refractivity contribution >= 4 is 50.7 Å². The number of rotatable bonds is 3. The highest BCUT2D eigenvalue weighted by atomic mass is 127. The van der Waals surface area contributed by atoms with Crippen LogP contribution >= 0.6 is 33.9 Å². The van der Waals surface area contributed by atoms with E-state index in [-0.39, 0.29) is 5.82 Å². The number of benzene rings is 1. The first-order valence-corrected chi connectivity index (χ1v) is 6.76. The molecule has 0 fully saturated rings. The molecule has 18 heavy (non-hydrogen) atoms. The molecule has 7 heteroatoms. The Kier molecular flexibility index (Phi) is 4.12. The maximum atomic E-state index is 12.9. The Morgan fingerprint density at radius 3 is 3.00 bits per heavy atom. The highest BCUT2D eigenvalue weighted by Crippen LogP contribution is 2.26. The van der Waals surface area contributed by atoms with E-state index in [1.165, 1.54) is 36.8 Å². The predicted molar refractivity (Wildman–Crippen MR) is 75.9 cm³/mol. The van der Waals surface area contributed by atoms with Gasteiger partial charge in [-0.3, -0.25) is 0 Å². The zero-order chi connectivity index (χ0) is 13.1. The minimum Gasteiger partial charge on any atom is -0.465 e. The summed E-state index contributed by atoms with van der Waals surface area (Å²) in [5.41, 5.74) is 0.739. The van der Waals surface area contributed by atoms with E-state index >= 15 is 0 Å². The van der Waals surface area contributed by atoms with Crippen LogP contribution < -0.4 is 5.32 Å². The fraction of sp³-hybridized carbons (Fsp3) is 0.0909. The van der Waals surface area contributed by atoms with Crippen LogP contribution in [0.3, 0.4) is 0 Å². The van der Waals surface area contributed by atoms with Crippen molar-refractivity contribution in [2.75, 3.05) is 12.4 Å². The number of aromatic nitrogens is 1. The molecule has 1 heterocycles. The maximum Gasteiger partial charge on any atom is 0.349 e. The van der Waals surface area contributed by atoms with Crippen molar-refractivity contribution in [3.8, 4) is 0 Å². The fourth-order valence-corrected chi connectivity index (χ4v) is 2.59. The van der Waals surface area contributed by atoms with Crippen molar-refractivity contribution in [2.45, 2.75) is 0 Å². The number of nitrogens with one attached hydrogen (secondary N) is 1. The number of ether oxygens (including phenoxy) is 1. The second-order valence-corrected chi connectivity index (χ2v) is 5.46. The quantitative estimate of drug-likeness (QED) is 0.657. The van der Waals surface area contributed by atoms with E-state index in [4.69, 9.17) is 0 Å². The zero-order valence-corrected chi connectivity index (χ0v) is 12.2. The van der Waals surface area contributed by atoms with Crippen molar-refractivity contribution in [3.63, 3.8) is 0 Å². The summed E-state index contributed by atoms with van der Waals surface area (Å²) in [5.74, 6) is -0.714. The average molecular weight is 378 g/mol. The summed E-state index contributed by atoms with van der Waals surface area (Å²) in [6.07, 6.45) is 1.44. The number of anilines is 2. The number of esters is 1. The lowest BCUT2D eigenvalue weighted by Crippen LogP contribution is -1.96. The Morgan fingerprint density at radius 2 is 2.33 bits per heavy atom. The van der Waals surface area contributed by atoms with Crippen LogP contribution in [-0.2, 0) is 4.74 Å². The van der Waals surface area contributed by atoms with E-state index in [1.807, 2.05) is 22.6 Å². The molecule has 2 aromatic rings. The molecule has 2 rings (SSSR count). The van der Waals surface area contributed by atoms with Gasteiger partial charge in [0.25, 0.3) is 0 Å². The van der Waals surface area contributed by atoms with Crippen molar-refractivity contribution in [1.29, 1.82) is 0 Å². The highest BCUT2D eigenvalue weighted by Gasteiger charge is 2.11. The van der Waals surface area contributed by atoms with Crippen molar-refractivity contribution in [2.24, 2.45) is 0 Å². The van der Waals surface area contributed by atoms with E-state index in [0.29, 0.717) is 10.0 Å². The SMILES string of the molecule is COC(=O)c1cnc(Nc2ccc(F)cc2I)s1. The average Bonchev–Trinajstić information content (AvgIpc) is 2.80. The third kappa shape index (κ3) is 2.96. The zero-order valence-electron chi connectivity index (χ0n) is 9.24. The largest absolute Gasteiger partial charge is 0.465 e. The molecule has 0 saturated carbocycles. The first-order chi connectivity index (χ1) is 8.60. The number of carbonyl (C=O) groups is 1. The van der Waals surface area contributed by atoms with Crippen LogP contribution in [0.25, 0.3) is 0 Å². The first-order valence-electron chi connectivity index (χ1n) is 4.86. The van der Waals surface area contributed by atoms with Gasteiger partial charge in [0.1, 0.15) is 10.7 Å². The number of methoxy groups -OCH3 is 1. The molecule has 0 amide bonds. The molecule has 1 N–H and O–H groups in total. The summed E-state index contributed by atoms with van der Waals surface area (Å²) in [5, 5.41) is 3.58. The molecule has 0 aliphatic carbocycles. The van der Waals surface area contributed by atoms with E-state index in [1.54, 1.807) is 6.07 Å². The Morgan fingerprint density at radius 1 is 1.56 bits per heavy atom. The molecular weight excluding hydrogens is 370 g/mol. The van der Waals surface area contributed by atoms with Gasteiger partial charge in [-0.05, 0) is 40.8 Å². The Bertz CT molecular complexity index is 588. The number of hydrogen-bond acceptors (Lipinski definition) is 5. The fourth-order valence-electron chi connectivity index (χ4n) is 1.23. The van der Waals surface area contributed by atoms with Crippen LogP contribution in [0.1, 0.15) is 9.67 Å². The highest BCUT2D eigenvalue weighted by molar-refractivity contribution is 14.1. The van der Waals surface area contributed by atoms with Gasteiger partial charge >= 0.3 is 5.97 Å². The van der Waals surface area contributed by atoms with E-state index in [9.17, 15) is 9.18 Å². The van der Waals surface area contributed by atoms with Crippen LogP contribution in [0.2, 0.25) is 0 Å². The Labute approximate surface area is 120 Å². The number of halogens is 2. The molecular formula is C11H8FIN2O2S. The summed E-state index contributed by atoms with van der Waals surface area (Å²) < 4.78 is 18.3. The summed E-state index contributed by atoms with van der Waals surface area (Å²) >= 11 is 3.20. The van der Waals surface area contributed by atoms with Gasteiger partial charge in [-0.2, -0.15) is 0 Å². The second kappa shape index (κ2) is 5.61. The van der Waals surface area contributed by atoms with E-state index < -0.39 is 5.97 Å². The van der Waals surface area contributed by atoms with Crippen molar-refractivity contribution < 1.29 is 13.9 Å². The van der Waals surface area contributed by atoms with Gasteiger partial charge in [0.15, 0.2) is 5.13 Å².